The van der Waals surface area contributed by atoms with Gasteiger partial charge in [-0.2, -0.15) is 0 Å². The lowest BCUT2D eigenvalue weighted by Crippen LogP contribution is -2.24. The van der Waals surface area contributed by atoms with Crippen LogP contribution in [0.25, 0.3) is 11.4 Å². The van der Waals surface area contributed by atoms with Gasteiger partial charge < -0.3 is 14.0 Å². The predicted octanol–water partition coefficient (Wildman–Crippen LogP) is 6.73. The SMILES string of the molecule is CCCCn1c(CN(Cc2ccc(C)cc2)Cc2ccc3c(c2)OCO3)cnc1-c1ccc(F)cc1. The van der Waals surface area contributed by atoms with Crippen molar-refractivity contribution in [2.24, 2.45) is 0 Å². The van der Waals surface area contributed by atoms with Crippen LogP contribution in [-0.2, 0) is 26.2 Å². The van der Waals surface area contributed by atoms with Gasteiger partial charge in [-0.15, -0.1) is 0 Å². The van der Waals surface area contributed by atoms with Crippen molar-refractivity contribution in [1.29, 1.82) is 0 Å². The molecule has 0 fully saturated rings. The number of halogens is 1. The first kappa shape index (κ1) is 24.1. The molecule has 5 rings (SSSR count). The van der Waals surface area contributed by atoms with Crippen LogP contribution < -0.4 is 9.47 Å². The Labute approximate surface area is 212 Å². The number of fused-ring (bicyclic) bond motifs is 1. The van der Waals surface area contributed by atoms with E-state index in [1.165, 1.54) is 28.8 Å². The lowest BCUT2D eigenvalue weighted by Gasteiger charge is -2.24. The molecule has 0 atom stereocenters. The summed E-state index contributed by atoms with van der Waals surface area (Å²) >= 11 is 0. The van der Waals surface area contributed by atoms with E-state index in [4.69, 9.17) is 14.5 Å². The first-order chi connectivity index (χ1) is 17.6. The average molecular weight is 486 g/mol. The summed E-state index contributed by atoms with van der Waals surface area (Å²) < 4.78 is 27.0. The number of hydrogen-bond donors (Lipinski definition) is 0. The van der Waals surface area contributed by atoms with Crippen LogP contribution in [0.1, 0.15) is 42.1 Å². The van der Waals surface area contributed by atoms with Gasteiger partial charge in [0.25, 0.3) is 0 Å². The molecule has 1 aliphatic rings. The van der Waals surface area contributed by atoms with E-state index in [1.54, 1.807) is 12.1 Å². The van der Waals surface area contributed by atoms with Crippen LogP contribution in [0.2, 0.25) is 0 Å². The quantitative estimate of drug-likeness (QED) is 0.250. The maximum Gasteiger partial charge on any atom is 0.231 e. The molecule has 36 heavy (non-hydrogen) atoms. The number of imidazole rings is 1. The third-order valence-corrected chi connectivity index (χ3v) is 6.53. The zero-order valence-corrected chi connectivity index (χ0v) is 20.9. The van der Waals surface area contributed by atoms with Crippen LogP contribution in [-0.4, -0.2) is 21.2 Å². The minimum absolute atomic E-state index is 0.237. The Kier molecular flexibility index (Phi) is 7.33. The number of aromatic nitrogens is 2. The zero-order valence-electron chi connectivity index (χ0n) is 20.9. The molecule has 0 spiro atoms. The van der Waals surface area contributed by atoms with Crippen LogP contribution in [0.4, 0.5) is 4.39 Å². The van der Waals surface area contributed by atoms with Gasteiger partial charge in [0.05, 0.1) is 11.9 Å². The number of aryl methyl sites for hydroxylation is 1. The number of ether oxygens (including phenoxy) is 2. The molecule has 6 heteroatoms. The molecule has 5 nitrogen and oxygen atoms in total. The Morgan fingerprint density at radius 1 is 0.889 bits per heavy atom. The molecule has 0 amide bonds. The molecule has 0 radical (unpaired) electrons. The van der Waals surface area contributed by atoms with Crippen LogP contribution in [0, 0.1) is 12.7 Å². The number of benzene rings is 3. The predicted molar refractivity (Wildman–Crippen MR) is 139 cm³/mol. The van der Waals surface area contributed by atoms with Gasteiger partial charge in [0.2, 0.25) is 6.79 Å². The molecular formula is C30H32FN3O2. The standard InChI is InChI=1S/C30H32FN3O2/c1-3-4-15-34-27(17-32-30(34)25-10-12-26(31)13-11-25)20-33(18-23-7-5-22(2)6-8-23)19-24-9-14-28-29(16-24)36-21-35-28/h5-14,16-17H,3-4,15,18-21H2,1-2H3. The molecular weight excluding hydrogens is 453 g/mol. The second-order valence-electron chi connectivity index (χ2n) is 9.40. The second-order valence-corrected chi connectivity index (χ2v) is 9.40. The van der Waals surface area contributed by atoms with Crippen molar-refractivity contribution in [1.82, 2.24) is 14.5 Å². The molecule has 0 bridgehead atoms. The molecule has 0 N–H and O–H groups in total. The van der Waals surface area contributed by atoms with Gasteiger partial charge in [-0.05, 0) is 60.9 Å². The molecule has 0 saturated heterocycles. The van der Waals surface area contributed by atoms with Crippen LogP contribution in [0.15, 0.2) is 72.9 Å². The average Bonchev–Trinajstić information content (AvgIpc) is 3.51. The summed E-state index contributed by atoms with van der Waals surface area (Å²) in [4.78, 5) is 7.20. The van der Waals surface area contributed by atoms with Gasteiger partial charge >= 0.3 is 0 Å². The Morgan fingerprint density at radius 2 is 1.61 bits per heavy atom. The van der Waals surface area contributed by atoms with Crippen molar-refractivity contribution in [2.75, 3.05) is 6.79 Å². The number of hydrogen-bond acceptors (Lipinski definition) is 4. The fourth-order valence-electron chi connectivity index (χ4n) is 4.58. The van der Waals surface area contributed by atoms with Crippen molar-refractivity contribution in [3.63, 3.8) is 0 Å². The maximum absolute atomic E-state index is 13.6. The fraction of sp³-hybridized carbons (Fsp3) is 0.300. The van der Waals surface area contributed by atoms with Gasteiger partial charge in [-0.1, -0.05) is 49.2 Å². The number of rotatable bonds is 10. The van der Waals surface area contributed by atoms with Gasteiger partial charge in [-0.3, -0.25) is 4.90 Å². The van der Waals surface area contributed by atoms with Gasteiger partial charge in [0.1, 0.15) is 11.6 Å². The Balaban J connectivity index is 1.44. The first-order valence-corrected chi connectivity index (χ1v) is 12.6. The normalized spacial score (nSPS) is 12.4. The number of nitrogens with zero attached hydrogens (tertiary/aromatic N) is 3. The summed E-state index contributed by atoms with van der Waals surface area (Å²) in [6.45, 7) is 7.75. The molecule has 186 valence electrons. The summed E-state index contributed by atoms with van der Waals surface area (Å²) in [5.74, 6) is 2.25. The molecule has 3 aromatic carbocycles. The van der Waals surface area contributed by atoms with E-state index >= 15 is 0 Å². The van der Waals surface area contributed by atoms with E-state index in [9.17, 15) is 4.39 Å². The largest absolute Gasteiger partial charge is 0.454 e. The lowest BCUT2D eigenvalue weighted by atomic mass is 10.1. The molecule has 4 aromatic rings. The second kappa shape index (κ2) is 11.0. The van der Waals surface area contributed by atoms with Crippen molar-refractivity contribution < 1.29 is 13.9 Å². The topological polar surface area (TPSA) is 39.5 Å². The van der Waals surface area contributed by atoms with E-state index in [0.29, 0.717) is 0 Å². The van der Waals surface area contributed by atoms with Crippen molar-refractivity contribution in [2.45, 2.75) is 52.9 Å². The third-order valence-electron chi connectivity index (χ3n) is 6.53. The Bertz CT molecular complexity index is 1300. The summed E-state index contributed by atoms with van der Waals surface area (Å²) in [7, 11) is 0. The van der Waals surface area contributed by atoms with E-state index in [-0.39, 0.29) is 12.6 Å². The van der Waals surface area contributed by atoms with Gasteiger partial charge in [0.15, 0.2) is 11.5 Å². The Morgan fingerprint density at radius 3 is 2.39 bits per heavy atom. The lowest BCUT2D eigenvalue weighted by molar-refractivity contribution is 0.174. The van der Waals surface area contributed by atoms with E-state index in [1.807, 2.05) is 12.3 Å². The highest BCUT2D eigenvalue weighted by atomic mass is 19.1. The summed E-state index contributed by atoms with van der Waals surface area (Å²) in [5.41, 5.74) is 5.77. The highest BCUT2D eigenvalue weighted by Crippen LogP contribution is 2.33. The third kappa shape index (κ3) is 5.60. The molecule has 0 unspecified atom stereocenters. The molecule has 0 aliphatic carbocycles. The van der Waals surface area contributed by atoms with Crippen LogP contribution in [0.3, 0.4) is 0 Å². The van der Waals surface area contributed by atoms with Crippen molar-refractivity contribution in [3.05, 3.63) is 101 Å². The molecule has 1 aromatic heterocycles. The maximum atomic E-state index is 13.6. The van der Waals surface area contributed by atoms with Gasteiger partial charge in [0, 0.05) is 31.7 Å². The highest BCUT2D eigenvalue weighted by molar-refractivity contribution is 5.56. The number of unbranched alkanes of at least 4 members (excludes halogenated alkanes) is 1. The van der Waals surface area contributed by atoms with E-state index in [2.05, 4.69) is 59.7 Å². The molecule has 1 aliphatic heterocycles. The highest BCUT2D eigenvalue weighted by Gasteiger charge is 2.18. The monoisotopic (exact) mass is 485 g/mol. The molecule has 2 heterocycles. The van der Waals surface area contributed by atoms with Crippen molar-refractivity contribution >= 4 is 0 Å². The molecule has 0 saturated carbocycles. The summed E-state index contributed by atoms with van der Waals surface area (Å²) in [5, 5.41) is 0. The zero-order chi connectivity index (χ0) is 24.9. The minimum atomic E-state index is -0.237. The summed E-state index contributed by atoms with van der Waals surface area (Å²) in [6.07, 6.45) is 4.11. The minimum Gasteiger partial charge on any atom is -0.454 e. The fourth-order valence-corrected chi connectivity index (χ4v) is 4.58. The van der Waals surface area contributed by atoms with E-state index in [0.717, 1.165) is 67.6 Å². The summed E-state index contributed by atoms with van der Waals surface area (Å²) in [6, 6.07) is 21.5. The van der Waals surface area contributed by atoms with Gasteiger partial charge in [-0.25, -0.2) is 9.37 Å². The Hall–Kier alpha value is -3.64. The van der Waals surface area contributed by atoms with Crippen molar-refractivity contribution in [3.8, 4) is 22.9 Å². The van der Waals surface area contributed by atoms with Crippen LogP contribution >= 0.6 is 0 Å². The van der Waals surface area contributed by atoms with Crippen LogP contribution in [0.5, 0.6) is 11.5 Å². The van der Waals surface area contributed by atoms with E-state index < -0.39 is 0 Å². The first-order valence-electron chi connectivity index (χ1n) is 12.6. The smallest absolute Gasteiger partial charge is 0.231 e.